The van der Waals surface area contributed by atoms with Crippen LogP contribution in [0.4, 0.5) is 0 Å². The summed E-state index contributed by atoms with van der Waals surface area (Å²) in [6, 6.07) is 19.8. The summed E-state index contributed by atoms with van der Waals surface area (Å²) in [5, 5.41) is 14.5. The van der Waals surface area contributed by atoms with Gasteiger partial charge in [-0.2, -0.15) is 0 Å². The first-order valence-corrected chi connectivity index (χ1v) is 10.5. The van der Waals surface area contributed by atoms with Crippen LogP contribution in [0.5, 0.6) is 11.5 Å². The second-order valence-electron chi connectivity index (χ2n) is 7.45. The minimum absolute atomic E-state index is 0.127. The Balaban J connectivity index is 1.73. The summed E-state index contributed by atoms with van der Waals surface area (Å²) < 4.78 is 10.2. The Morgan fingerprint density at radius 3 is 2.56 bits per heavy atom. The second-order valence-corrected chi connectivity index (χ2v) is 7.89. The molecule has 0 unspecified atom stereocenters. The maximum absolute atomic E-state index is 11.8. The molecule has 0 bridgehead atoms. The number of phenols is 1. The summed E-state index contributed by atoms with van der Waals surface area (Å²) >= 11 is 6.03. The standard InChI is InChI=1S/C25H23ClN2O4/c1-31-19-5-3-4-17(12-19)21-14-22(20-11-10-18(26)13-23(20)29)28-24(27-21)15-6-8-16(9-7-15)25(30)32-2/h3-13,22,24,28-29H,14H2,1-2H3/t22-,24+/m1/s1. The van der Waals surface area contributed by atoms with Gasteiger partial charge in [0.25, 0.3) is 0 Å². The summed E-state index contributed by atoms with van der Waals surface area (Å²) in [5.74, 6) is 0.480. The summed E-state index contributed by atoms with van der Waals surface area (Å²) in [6.45, 7) is 0. The van der Waals surface area contributed by atoms with Crippen LogP contribution in [0, 0.1) is 0 Å². The van der Waals surface area contributed by atoms with Crippen molar-refractivity contribution in [2.75, 3.05) is 14.2 Å². The lowest BCUT2D eigenvalue weighted by Crippen LogP contribution is -2.33. The minimum atomic E-state index is -0.391. The topological polar surface area (TPSA) is 80.2 Å². The summed E-state index contributed by atoms with van der Waals surface area (Å²) in [7, 11) is 2.98. The Labute approximate surface area is 191 Å². The number of benzene rings is 3. The molecule has 0 saturated heterocycles. The van der Waals surface area contributed by atoms with Gasteiger partial charge < -0.3 is 14.6 Å². The smallest absolute Gasteiger partial charge is 0.337 e. The van der Waals surface area contributed by atoms with Gasteiger partial charge in [-0.05, 0) is 47.5 Å². The Morgan fingerprint density at radius 1 is 1.09 bits per heavy atom. The molecule has 1 heterocycles. The van der Waals surface area contributed by atoms with Gasteiger partial charge in [0.15, 0.2) is 0 Å². The van der Waals surface area contributed by atoms with Gasteiger partial charge in [0.1, 0.15) is 17.7 Å². The van der Waals surface area contributed by atoms with Crippen molar-refractivity contribution >= 4 is 23.3 Å². The van der Waals surface area contributed by atoms with Crippen LogP contribution >= 0.6 is 11.6 Å². The van der Waals surface area contributed by atoms with E-state index in [2.05, 4.69) is 5.32 Å². The van der Waals surface area contributed by atoms with Crippen LogP contribution in [0.1, 0.15) is 45.7 Å². The number of aromatic hydroxyl groups is 1. The van der Waals surface area contributed by atoms with E-state index < -0.39 is 5.97 Å². The van der Waals surface area contributed by atoms with Crippen LogP contribution in [0.3, 0.4) is 0 Å². The van der Waals surface area contributed by atoms with E-state index in [9.17, 15) is 9.90 Å². The van der Waals surface area contributed by atoms with Crippen molar-refractivity contribution in [1.29, 1.82) is 0 Å². The monoisotopic (exact) mass is 450 g/mol. The molecule has 4 rings (SSSR count). The Bertz CT molecular complexity index is 1160. The summed E-state index contributed by atoms with van der Waals surface area (Å²) in [6.07, 6.45) is 0.191. The normalized spacial score (nSPS) is 18.0. The van der Waals surface area contributed by atoms with Crippen LogP contribution in [0.2, 0.25) is 5.02 Å². The summed E-state index contributed by atoms with van der Waals surface area (Å²) in [4.78, 5) is 16.7. The first-order chi connectivity index (χ1) is 15.5. The largest absolute Gasteiger partial charge is 0.508 e. The lowest BCUT2D eigenvalue weighted by atomic mass is 9.93. The fourth-order valence-corrected chi connectivity index (χ4v) is 3.95. The zero-order valence-electron chi connectivity index (χ0n) is 17.7. The maximum Gasteiger partial charge on any atom is 0.337 e. The summed E-state index contributed by atoms with van der Waals surface area (Å²) in [5.41, 5.74) is 3.91. The number of hydrogen-bond donors (Lipinski definition) is 2. The molecule has 1 aliphatic rings. The highest BCUT2D eigenvalue weighted by Crippen LogP contribution is 2.36. The highest BCUT2D eigenvalue weighted by molar-refractivity contribution is 6.30. The molecule has 3 aromatic carbocycles. The van der Waals surface area contributed by atoms with E-state index in [4.69, 9.17) is 26.1 Å². The van der Waals surface area contributed by atoms with E-state index in [0.29, 0.717) is 17.0 Å². The SMILES string of the molecule is COC(=O)c1ccc([C@H]2N=C(c3cccc(OC)c3)C[C@H](c3ccc(Cl)cc3O)N2)cc1. The number of phenolic OH excluding ortho intramolecular Hbond substituents is 1. The number of rotatable bonds is 5. The number of carbonyl (C=O) groups excluding carboxylic acids is 1. The van der Waals surface area contributed by atoms with Gasteiger partial charge in [-0.25, -0.2) is 4.79 Å². The molecule has 0 fully saturated rings. The molecule has 32 heavy (non-hydrogen) atoms. The molecule has 1 aliphatic heterocycles. The number of nitrogens with zero attached hydrogens (tertiary/aromatic N) is 1. The van der Waals surface area contributed by atoms with Gasteiger partial charge in [0, 0.05) is 28.8 Å². The van der Waals surface area contributed by atoms with Crippen LogP contribution in [-0.4, -0.2) is 31.0 Å². The average Bonchev–Trinajstić information content (AvgIpc) is 2.83. The minimum Gasteiger partial charge on any atom is -0.508 e. The molecule has 2 N–H and O–H groups in total. The van der Waals surface area contributed by atoms with Gasteiger partial charge in [-0.3, -0.25) is 10.3 Å². The molecule has 0 spiro atoms. The third kappa shape index (κ3) is 4.61. The molecule has 0 amide bonds. The number of aliphatic imine (C=N–C) groups is 1. The Hall–Kier alpha value is -3.35. The van der Waals surface area contributed by atoms with Crippen molar-refractivity contribution in [2.24, 2.45) is 4.99 Å². The molecule has 2 atom stereocenters. The van der Waals surface area contributed by atoms with E-state index in [-0.39, 0.29) is 18.0 Å². The predicted molar refractivity (Wildman–Crippen MR) is 124 cm³/mol. The molecule has 0 aliphatic carbocycles. The Morgan fingerprint density at radius 2 is 1.88 bits per heavy atom. The quantitative estimate of drug-likeness (QED) is 0.531. The van der Waals surface area contributed by atoms with E-state index >= 15 is 0 Å². The number of hydrogen-bond acceptors (Lipinski definition) is 6. The number of nitrogens with one attached hydrogen (secondary N) is 1. The first kappa shape index (κ1) is 21.9. The van der Waals surface area contributed by atoms with Crippen LogP contribution < -0.4 is 10.1 Å². The molecule has 164 valence electrons. The lowest BCUT2D eigenvalue weighted by Gasteiger charge is -2.31. The number of carbonyl (C=O) groups is 1. The first-order valence-electron chi connectivity index (χ1n) is 10.1. The van der Waals surface area contributed by atoms with Crippen molar-refractivity contribution < 1.29 is 19.4 Å². The predicted octanol–water partition coefficient (Wildman–Crippen LogP) is 5.06. The lowest BCUT2D eigenvalue weighted by molar-refractivity contribution is 0.0600. The number of ether oxygens (including phenoxy) is 2. The third-order valence-corrected chi connectivity index (χ3v) is 5.69. The van der Waals surface area contributed by atoms with Gasteiger partial charge in [0.2, 0.25) is 0 Å². The number of halogens is 1. The van der Waals surface area contributed by atoms with Gasteiger partial charge in [-0.1, -0.05) is 41.9 Å². The number of methoxy groups -OCH3 is 2. The molecular weight excluding hydrogens is 428 g/mol. The molecular formula is C25H23ClN2O4. The molecule has 0 saturated carbocycles. The van der Waals surface area contributed by atoms with Gasteiger partial charge in [0.05, 0.1) is 19.8 Å². The third-order valence-electron chi connectivity index (χ3n) is 5.46. The fraction of sp³-hybridized carbons (Fsp3) is 0.200. The highest BCUT2D eigenvalue weighted by Gasteiger charge is 2.28. The fourth-order valence-electron chi connectivity index (χ4n) is 3.78. The maximum atomic E-state index is 11.8. The van der Waals surface area contributed by atoms with Crippen molar-refractivity contribution in [1.82, 2.24) is 5.32 Å². The molecule has 0 radical (unpaired) electrons. The molecule has 0 aromatic heterocycles. The van der Waals surface area contributed by atoms with Crippen molar-refractivity contribution in [3.05, 3.63) is 94.0 Å². The zero-order valence-corrected chi connectivity index (χ0v) is 18.5. The molecule has 6 nitrogen and oxygen atoms in total. The van der Waals surface area contributed by atoms with Crippen molar-refractivity contribution in [3.8, 4) is 11.5 Å². The van der Waals surface area contributed by atoms with E-state index in [1.807, 2.05) is 42.5 Å². The second kappa shape index (κ2) is 9.42. The van der Waals surface area contributed by atoms with Gasteiger partial charge >= 0.3 is 5.97 Å². The van der Waals surface area contributed by atoms with E-state index in [0.717, 1.165) is 28.2 Å². The zero-order chi connectivity index (χ0) is 22.7. The Kier molecular flexibility index (Phi) is 6.44. The highest BCUT2D eigenvalue weighted by atomic mass is 35.5. The van der Waals surface area contributed by atoms with Crippen molar-refractivity contribution in [2.45, 2.75) is 18.6 Å². The average molecular weight is 451 g/mol. The molecule has 3 aromatic rings. The van der Waals surface area contributed by atoms with E-state index in [1.165, 1.54) is 13.2 Å². The van der Waals surface area contributed by atoms with Crippen LogP contribution in [0.15, 0.2) is 71.7 Å². The number of esters is 1. The van der Waals surface area contributed by atoms with Crippen molar-refractivity contribution in [3.63, 3.8) is 0 Å². The van der Waals surface area contributed by atoms with Crippen LogP contribution in [0.25, 0.3) is 0 Å². The van der Waals surface area contributed by atoms with Gasteiger partial charge in [-0.15, -0.1) is 0 Å². The van der Waals surface area contributed by atoms with Crippen LogP contribution in [-0.2, 0) is 4.74 Å². The van der Waals surface area contributed by atoms with E-state index in [1.54, 1.807) is 25.3 Å². The molecule has 7 heteroatoms.